The smallest absolute Gasteiger partial charge is 0.252 e. The number of hydrogen-bond donors (Lipinski definition) is 1. The largest absolute Gasteiger partial charge is 0.349 e. The minimum atomic E-state index is -3.17. The molecule has 2 aromatic rings. The Morgan fingerprint density at radius 1 is 1.04 bits per heavy atom. The molecule has 0 saturated carbocycles. The van der Waals surface area contributed by atoms with E-state index < -0.39 is 10.0 Å². The lowest BCUT2D eigenvalue weighted by Crippen LogP contribution is -2.52. The summed E-state index contributed by atoms with van der Waals surface area (Å²) in [5.74, 6) is -0.0750. The third-order valence-electron chi connectivity index (χ3n) is 5.42. The first-order valence-electron chi connectivity index (χ1n) is 8.70. The van der Waals surface area contributed by atoms with Crippen LogP contribution in [0.2, 0.25) is 0 Å². The number of hydrogen-bond acceptors (Lipinski definition) is 3. The molecule has 0 aliphatic carbocycles. The summed E-state index contributed by atoms with van der Waals surface area (Å²) in [6, 6.07) is 13.7. The van der Waals surface area contributed by atoms with Crippen LogP contribution >= 0.6 is 0 Å². The van der Waals surface area contributed by atoms with Gasteiger partial charge in [0.15, 0.2) is 0 Å². The van der Waals surface area contributed by atoms with E-state index in [1.54, 1.807) is 4.31 Å². The van der Waals surface area contributed by atoms with Crippen molar-refractivity contribution in [2.24, 2.45) is 0 Å². The van der Waals surface area contributed by atoms with Gasteiger partial charge < -0.3 is 5.32 Å². The fourth-order valence-electron chi connectivity index (χ4n) is 4.48. The van der Waals surface area contributed by atoms with Gasteiger partial charge in [0, 0.05) is 23.7 Å². The Hall–Kier alpha value is -1.92. The van der Waals surface area contributed by atoms with Gasteiger partial charge >= 0.3 is 0 Å². The van der Waals surface area contributed by atoms with Gasteiger partial charge in [0.05, 0.1) is 6.26 Å². The molecule has 0 radical (unpaired) electrons. The van der Waals surface area contributed by atoms with Crippen LogP contribution in [0.5, 0.6) is 0 Å². The molecule has 1 N–H and O–H groups in total. The molecule has 2 aromatic carbocycles. The number of rotatable bonds is 3. The summed E-state index contributed by atoms with van der Waals surface area (Å²) >= 11 is 0. The van der Waals surface area contributed by atoms with Crippen molar-refractivity contribution in [1.82, 2.24) is 9.62 Å². The summed E-state index contributed by atoms with van der Waals surface area (Å²) in [6.07, 6.45) is 4.45. The van der Waals surface area contributed by atoms with Crippen LogP contribution in [0.3, 0.4) is 0 Å². The molecule has 132 valence electrons. The van der Waals surface area contributed by atoms with E-state index in [-0.39, 0.29) is 24.0 Å². The second-order valence-corrected chi connectivity index (χ2v) is 9.03. The summed E-state index contributed by atoms with van der Waals surface area (Å²) in [6.45, 7) is 0. The maximum absolute atomic E-state index is 12.8. The van der Waals surface area contributed by atoms with Crippen LogP contribution in [-0.4, -0.2) is 43.0 Å². The van der Waals surface area contributed by atoms with Gasteiger partial charge in [-0.25, -0.2) is 8.42 Å². The number of nitrogens with one attached hydrogen (secondary N) is 1. The molecule has 0 spiro atoms. The van der Waals surface area contributed by atoms with Crippen LogP contribution in [-0.2, 0) is 10.0 Å². The standard InChI is InChI=1S/C19H22N2O3S/c1-25(23,24)21-15-9-10-16(21)12-14(11-15)20-19(22)18-8-4-6-13-5-2-3-7-17(13)18/h2-8,14-16H,9-12H2,1H3,(H,20,22)/t15-,16-/m0/s1. The minimum absolute atomic E-state index is 0.0200. The second kappa shape index (κ2) is 6.11. The highest BCUT2D eigenvalue weighted by molar-refractivity contribution is 7.88. The van der Waals surface area contributed by atoms with Crippen LogP contribution in [0.15, 0.2) is 42.5 Å². The molecular weight excluding hydrogens is 336 g/mol. The fraction of sp³-hybridized carbons (Fsp3) is 0.421. The van der Waals surface area contributed by atoms with Crippen molar-refractivity contribution in [3.63, 3.8) is 0 Å². The van der Waals surface area contributed by atoms with Gasteiger partial charge in [0.2, 0.25) is 10.0 Å². The highest BCUT2D eigenvalue weighted by Crippen LogP contribution is 2.37. The number of fused-ring (bicyclic) bond motifs is 3. The van der Waals surface area contributed by atoms with Crippen molar-refractivity contribution >= 4 is 26.7 Å². The molecule has 1 amide bonds. The zero-order valence-electron chi connectivity index (χ0n) is 14.2. The molecule has 0 aromatic heterocycles. The first-order chi connectivity index (χ1) is 11.9. The highest BCUT2D eigenvalue weighted by Gasteiger charge is 2.45. The maximum atomic E-state index is 12.8. The molecule has 2 fully saturated rings. The van der Waals surface area contributed by atoms with Gasteiger partial charge in [-0.2, -0.15) is 4.31 Å². The van der Waals surface area contributed by atoms with Crippen molar-refractivity contribution in [2.75, 3.05) is 6.26 Å². The number of sulfonamides is 1. The van der Waals surface area contributed by atoms with E-state index in [2.05, 4.69) is 5.32 Å². The normalized spacial score (nSPS) is 26.7. The average Bonchev–Trinajstić information content (AvgIpc) is 2.86. The van der Waals surface area contributed by atoms with E-state index >= 15 is 0 Å². The van der Waals surface area contributed by atoms with Crippen molar-refractivity contribution < 1.29 is 13.2 Å². The lowest BCUT2D eigenvalue weighted by molar-refractivity contribution is 0.0911. The molecule has 2 heterocycles. The minimum Gasteiger partial charge on any atom is -0.349 e. The summed E-state index contributed by atoms with van der Waals surface area (Å²) in [4.78, 5) is 12.8. The molecule has 2 atom stereocenters. The Morgan fingerprint density at radius 3 is 2.36 bits per heavy atom. The van der Waals surface area contributed by atoms with Gasteiger partial charge in [0.1, 0.15) is 0 Å². The summed E-state index contributed by atoms with van der Waals surface area (Å²) in [5.41, 5.74) is 0.677. The van der Waals surface area contributed by atoms with Gasteiger partial charge in [0.25, 0.3) is 5.91 Å². The van der Waals surface area contributed by atoms with Gasteiger partial charge in [-0.15, -0.1) is 0 Å². The molecular formula is C19H22N2O3S. The first kappa shape index (κ1) is 16.5. The Bertz CT molecular complexity index is 906. The van der Waals surface area contributed by atoms with E-state index in [1.807, 2.05) is 42.5 Å². The summed E-state index contributed by atoms with van der Waals surface area (Å²) in [7, 11) is -3.17. The quantitative estimate of drug-likeness (QED) is 0.917. The van der Waals surface area contributed by atoms with E-state index in [1.165, 1.54) is 6.26 Å². The Balaban J connectivity index is 1.53. The lowest BCUT2D eigenvalue weighted by Gasteiger charge is -2.37. The SMILES string of the molecule is CS(=O)(=O)N1[C@H]2CC[C@H]1CC(NC(=O)c1cccc3ccccc13)C2. The molecule has 2 saturated heterocycles. The molecule has 4 rings (SSSR count). The van der Waals surface area contributed by atoms with E-state index in [0.29, 0.717) is 18.4 Å². The number of amides is 1. The Kier molecular flexibility index (Phi) is 4.04. The van der Waals surface area contributed by atoms with Crippen LogP contribution in [0.4, 0.5) is 0 Å². The number of benzene rings is 2. The highest BCUT2D eigenvalue weighted by atomic mass is 32.2. The van der Waals surface area contributed by atoms with Gasteiger partial charge in [-0.3, -0.25) is 4.79 Å². The number of carbonyl (C=O) groups excluding carboxylic acids is 1. The third kappa shape index (κ3) is 3.04. The first-order valence-corrected chi connectivity index (χ1v) is 10.6. The van der Waals surface area contributed by atoms with E-state index in [0.717, 1.165) is 23.6 Å². The Morgan fingerprint density at radius 2 is 1.68 bits per heavy atom. The lowest BCUT2D eigenvalue weighted by atomic mass is 9.98. The molecule has 2 aliphatic rings. The van der Waals surface area contributed by atoms with Gasteiger partial charge in [-0.05, 0) is 42.5 Å². The van der Waals surface area contributed by atoms with Crippen molar-refractivity contribution in [3.05, 3.63) is 48.0 Å². The third-order valence-corrected chi connectivity index (χ3v) is 6.78. The number of piperidine rings is 1. The molecule has 25 heavy (non-hydrogen) atoms. The van der Waals surface area contributed by atoms with Crippen LogP contribution in [0.1, 0.15) is 36.0 Å². The van der Waals surface area contributed by atoms with Crippen molar-refractivity contribution in [3.8, 4) is 0 Å². The van der Waals surface area contributed by atoms with Crippen molar-refractivity contribution in [1.29, 1.82) is 0 Å². The van der Waals surface area contributed by atoms with E-state index in [9.17, 15) is 13.2 Å². The molecule has 2 aliphatic heterocycles. The van der Waals surface area contributed by atoms with Crippen LogP contribution in [0.25, 0.3) is 10.8 Å². The monoisotopic (exact) mass is 358 g/mol. The number of nitrogens with zero attached hydrogens (tertiary/aromatic N) is 1. The van der Waals surface area contributed by atoms with Crippen molar-refractivity contribution in [2.45, 2.75) is 43.8 Å². The average molecular weight is 358 g/mol. The molecule has 0 unspecified atom stereocenters. The van der Waals surface area contributed by atoms with E-state index in [4.69, 9.17) is 0 Å². The molecule has 6 heteroatoms. The Labute approximate surface area is 148 Å². The zero-order valence-corrected chi connectivity index (χ0v) is 15.0. The topological polar surface area (TPSA) is 66.5 Å². The van der Waals surface area contributed by atoms with Gasteiger partial charge in [-0.1, -0.05) is 36.4 Å². The summed E-state index contributed by atoms with van der Waals surface area (Å²) < 4.78 is 25.6. The second-order valence-electron chi connectivity index (χ2n) is 7.15. The fourth-order valence-corrected chi connectivity index (χ4v) is 5.95. The van der Waals surface area contributed by atoms with Crippen LogP contribution < -0.4 is 5.32 Å². The molecule has 5 nitrogen and oxygen atoms in total. The maximum Gasteiger partial charge on any atom is 0.252 e. The van der Waals surface area contributed by atoms with Crippen LogP contribution in [0, 0.1) is 0 Å². The number of carbonyl (C=O) groups is 1. The predicted molar refractivity (Wildman–Crippen MR) is 97.9 cm³/mol. The zero-order chi connectivity index (χ0) is 17.6. The molecule has 2 bridgehead atoms. The summed E-state index contributed by atoms with van der Waals surface area (Å²) in [5, 5.41) is 5.13. The predicted octanol–water partition coefficient (Wildman–Crippen LogP) is 2.52.